The minimum Gasteiger partial charge on any atom is -0.345 e. The van der Waals surface area contributed by atoms with Gasteiger partial charge in [0.15, 0.2) is 0 Å². The monoisotopic (exact) mass is 310 g/mol. The highest BCUT2D eigenvalue weighted by Crippen LogP contribution is 2.10. The minimum atomic E-state index is -0.349. The third-order valence-electron chi connectivity index (χ3n) is 3.34. The number of hydrogen-bond acceptors (Lipinski definition) is 3. The molecule has 1 heterocycles. The number of halogens is 1. The first-order valence-corrected chi connectivity index (χ1v) is 7.15. The Kier molecular flexibility index (Phi) is 4.14. The number of benzene rings is 2. The highest BCUT2D eigenvalue weighted by Gasteiger charge is 2.15. The zero-order chi connectivity index (χ0) is 16.2. The van der Waals surface area contributed by atoms with E-state index in [1.807, 2.05) is 30.3 Å². The fourth-order valence-corrected chi connectivity index (χ4v) is 2.17. The van der Waals surface area contributed by atoms with Crippen LogP contribution in [0.15, 0.2) is 54.6 Å². The second-order valence-electron chi connectivity index (χ2n) is 5.04. The van der Waals surface area contributed by atoms with Crippen molar-refractivity contribution >= 4 is 5.91 Å². The molecule has 0 saturated carbocycles. The molecule has 1 N–H and O–H groups in total. The fraction of sp³-hybridized carbons (Fsp3) is 0.118. The predicted octanol–water partition coefficient (Wildman–Crippen LogP) is 2.64. The first-order chi connectivity index (χ1) is 11.1. The first-order valence-electron chi connectivity index (χ1n) is 7.15. The number of rotatable bonds is 4. The summed E-state index contributed by atoms with van der Waals surface area (Å²) in [7, 11) is 0. The Morgan fingerprint density at radius 3 is 2.52 bits per heavy atom. The summed E-state index contributed by atoms with van der Waals surface area (Å²) in [6.07, 6.45) is 0. The Balaban J connectivity index is 1.75. The van der Waals surface area contributed by atoms with Gasteiger partial charge in [0.05, 0.1) is 5.69 Å². The predicted molar refractivity (Wildman–Crippen MR) is 83.7 cm³/mol. The van der Waals surface area contributed by atoms with Gasteiger partial charge in [-0.2, -0.15) is 0 Å². The second-order valence-corrected chi connectivity index (χ2v) is 5.04. The lowest BCUT2D eigenvalue weighted by atomic mass is 10.2. The maximum absolute atomic E-state index is 13.0. The van der Waals surface area contributed by atoms with Gasteiger partial charge in [-0.25, -0.2) is 14.1 Å². The van der Waals surface area contributed by atoms with Crippen molar-refractivity contribution < 1.29 is 9.18 Å². The van der Waals surface area contributed by atoms with Gasteiger partial charge in [-0.15, -0.1) is 5.10 Å². The van der Waals surface area contributed by atoms with Crippen LogP contribution in [-0.4, -0.2) is 20.7 Å². The summed E-state index contributed by atoms with van der Waals surface area (Å²) in [4.78, 5) is 16.3. The number of nitrogens with zero attached hydrogens (tertiary/aromatic N) is 3. The number of carbonyl (C=O) groups is 1. The summed E-state index contributed by atoms with van der Waals surface area (Å²) in [5, 5.41) is 6.97. The normalized spacial score (nSPS) is 10.5. The summed E-state index contributed by atoms with van der Waals surface area (Å²) in [5.74, 6) is -0.0330. The summed E-state index contributed by atoms with van der Waals surface area (Å²) in [5.41, 5.74) is 1.65. The van der Waals surface area contributed by atoms with E-state index in [1.54, 1.807) is 19.1 Å². The molecule has 0 bridgehead atoms. The van der Waals surface area contributed by atoms with Gasteiger partial charge in [-0.1, -0.05) is 30.3 Å². The highest BCUT2D eigenvalue weighted by molar-refractivity contribution is 5.90. The lowest BCUT2D eigenvalue weighted by Crippen LogP contribution is -2.24. The van der Waals surface area contributed by atoms with E-state index in [1.165, 1.54) is 16.8 Å². The molecular formula is C17H15FN4O. The van der Waals surface area contributed by atoms with Crippen molar-refractivity contribution in [2.45, 2.75) is 13.5 Å². The number of aryl methyl sites for hydroxylation is 1. The zero-order valence-electron chi connectivity index (χ0n) is 12.5. The van der Waals surface area contributed by atoms with Gasteiger partial charge in [0.25, 0.3) is 5.91 Å². The van der Waals surface area contributed by atoms with Crippen molar-refractivity contribution in [2.24, 2.45) is 0 Å². The minimum absolute atomic E-state index is 0.0859. The van der Waals surface area contributed by atoms with Crippen LogP contribution in [0, 0.1) is 12.7 Å². The van der Waals surface area contributed by atoms with Gasteiger partial charge in [0.1, 0.15) is 11.6 Å². The SMILES string of the molecule is Cc1nc(C(=O)NCc2ccccc2)nn1-c1ccc(F)cc1. The van der Waals surface area contributed by atoms with Crippen LogP contribution in [-0.2, 0) is 6.54 Å². The molecule has 1 aromatic heterocycles. The van der Waals surface area contributed by atoms with Crippen molar-refractivity contribution in [3.8, 4) is 5.69 Å². The van der Waals surface area contributed by atoms with Crippen LogP contribution >= 0.6 is 0 Å². The molecule has 5 nitrogen and oxygen atoms in total. The van der Waals surface area contributed by atoms with Crippen molar-refractivity contribution in [3.05, 3.63) is 77.6 Å². The van der Waals surface area contributed by atoms with Crippen molar-refractivity contribution in [1.82, 2.24) is 20.1 Å². The third-order valence-corrected chi connectivity index (χ3v) is 3.34. The average Bonchev–Trinajstić information content (AvgIpc) is 2.96. The molecule has 0 aliphatic heterocycles. The van der Waals surface area contributed by atoms with Gasteiger partial charge in [-0.3, -0.25) is 4.79 Å². The molecule has 0 aliphatic carbocycles. The van der Waals surface area contributed by atoms with E-state index in [9.17, 15) is 9.18 Å². The maximum Gasteiger partial charge on any atom is 0.291 e. The molecule has 116 valence electrons. The molecule has 0 atom stereocenters. The van der Waals surface area contributed by atoms with Crippen LogP contribution in [0.4, 0.5) is 4.39 Å². The van der Waals surface area contributed by atoms with Crippen LogP contribution in [0.3, 0.4) is 0 Å². The van der Waals surface area contributed by atoms with Gasteiger partial charge in [-0.05, 0) is 36.8 Å². The molecule has 2 aromatic carbocycles. The molecule has 0 saturated heterocycles. The third kappa shape index (κ3) is 3.42. The molecular weight excluding hydrogens is 295 g/mol. The van der Waals surface area contributed by atoms with Crippen LogP contribution in [0.2, 0.25) is 0 Å². The maximum atomic E-state index is 13.0. The number of aromatic nitrogens is 3. The van der Waals surface area contributed by atoms with E-state index in [0.717, 1.165) is 5.56 Å². The standard InChI is InChI=1S/C17H15FN4O/c1-12-20-16(17(23)19-11-13-5-3-2-4-6-13)21-22(12)15-9-7-14(18)8-10-15/h2-10H,11H2,1H3,(H,19,23). The van der Waals surface area contributed by atoms with Crippen molar-refractivity contribution in [3.63, 3.8) is 0 Å². The van der Waals surface area contributed by atoms with Gasteiger partial charge >= 0.3 is 0 Å². The Labute approximate surface area is 132 Å². The Morgan fingerprint density at radius 1 is 1.13 bits per heavy atom. The molecule has 0 spiro atoms. The quantitative estimate of drug-likeness (QED) is 0.806. The summed E-state index contributed by atoms with van der Waals surface area (Å²) in [6, 6.07) is 15.4. The van der Waals surface area contributed by atoms with Gasteiger partial charge < -0.3 is 5.32 Å². The van der Waals surface area contributed by atoms with E-state index in [4.69, 9.17) is 0 Å². The number of nitrogens with one attached hydrogen (secondary N) is 1. The van der Waals surface area contributed by atoms with E-state index in [0.29, 0.717) is 18.1 Å². The van der Waals surface area contributed by atoms with Crippen LogP contribution in [0.1, 0.15) is 22.0 Å². The van der Waals surface area contributed by atoms with Crippen molar-refractivity contribution in [2.75, 3.05) is 0 Å². The highest BCUT2D eigenvalue weighted by atomic mass is 19.1. The summed E-state index contributed by atoms with van der Waals surface area (Å²) < 4.78 is 14.5. The van der Waals surface area contributed by atoms with E-state index >= 15 is 0 Å². The molecule has 0 radical (unpaired) electrons. The number of carbonyl (C=O) groups excluding carboxylic acids is 1. The molecule has 1 amide bonds. The largest absolute Gasteiger partial charge is 0.345 e. The molecule has 3 aromatic rings. The van der Waals surface area contributed by atoms with Crippen molar-refractivity contribution in [1.29, 1.82) is 0 Å². The average molecular weight is 310 g/mol. The molecule has 0 fully saturated rings. The smallest absolute Gasteiger partial charge is 0.291 e. The molecule has 0 aliphatic rings. The molecule has 0 unspecified atom stereocenters. The topological polar surface area (TPSA) is 59.8 Å². The second kappa shape index (κ2) is 6.39. The van der Waals surface area contributed by atoms with Crippen LogP contribution < -0.4 is 5.32 Å². The number of hydrogen-bond donors (Lipinski definition) is 1. The molecule has 3 rings (SSSR count). The Bertz CT molecular complexity index is 812. The lowest BCUT2D eigenvalue weighted by Gasteiger charge is -2.03. The van der Waals surface area contributed by atoms with E-state index < -0.39 is 0 Å². The van der Waals surface area contributed by atoms with Gasteiger partial charge in [0.2, 0.25) is 5.82 Å². The Morgan fingerprint density at radius 2 is 1.83 bits per heavy atom. The summed E-state index contributed by atoms with van der Waals surface area (Å²) in [6.45, 7) is 2.15. The van der Waals surface area contributed by atoms with E-state index in [-0.39, 0.29) is 17.5 Å². The lowest BCUT2D eigenvalue weighted by molar-refractivity contribution is 0.0940. The zero-order valence-corrected chi connectivity index (χ0v) is 12.5. The van der Waals surface area contributed by atoms with Crippen LogP contribution in [0.25, 0.3) is 5.69 Å². The molecule has 23 heavy (non-hydrogen) atoms. The van der Waals surface area contributed by atoms with E-state index in [2.05, 4.69) is 15.4 Å². The fourth-order valence-electron chi connectivity index (χ4n) is 2.17. The molecule has 6 heteroatoms. The number of amides is 1. The van der Waals surface area contributed by atoms with Crippen LogP contribution in [0.5, 0.6) is 0 Å². The van der Waals surface area contributed by atoms with Gasteiger partial charge in [0, 0.05) is 6.54 Å². The Hall–Kier alpha value is -3.02. The first kappa shape index (κ1) is 14.9. The summed E-state index contributed by atoms with van der Waals surface area (Å²) >= 11 is 0.